The lowest BCUT2D eigenvalue weighted by Gasteiger charge is -2.04. The van der Waals surface area contributed by atoms with Crippen molar-refractivity contribution in [1.29, 1.82) is 0 Å². The van der Waals surface area contributed by atoms with Gasteiger partial charge < -0.3 is 15.0 Å². The normalized spacial score (nSPS) is 10.7. The van der Waals surface area contributed by atoms with E-state index in [1.54, 1.807) is 12.1 Å². The van der Waals surface area contributed by atoms with E-state index in [-0.39, 0.29) is 11.6 Å². The molecule has 0 amide bonds. The molecule has 2 aromatic rings. The third-order valence-corrected chi connectivity index (χ3v) is 1.99. The van der Waals surface area contributed by atoms with Gasteiger partial charge in [0.05, 0.1) is 5.56 Å². The molecular weight excluding hydrogens is 218 g/mol. The summed E-state index contributed by atoms with van der Waals surface area (Å²) in [6, 6.07) is 6.04. The minimum atomic E-state index is -2.83. The molecule has 0 saturated heterocycles. The summed E-state index contributed by atoms with van der Waals surface area (Å²) in [5.41, 5.74) is 6.87. The zero-order valence-electron chi connectivity index (χ0n) is 8.06. The Bertz CT molecular complexity index is 468. The molecule has 0 unspecified atom stereocenters. The highest BCUT2D eigenvalue weighted by molar-refractivity contribution is 5.72. The van der Waals surface area contributed by atoms with E-state index >= 15 is 0 Å². The monoisotopic (exact) mass is 226 g/mol. The molecule has 2 N–H and O–H groups in total. The Hall–Kier alpha value is -2.11. The van der Waals surface area contributed by atoms with Crippen LogP contribution in [0, 0.1) is 0 Å². The van der Waals surface area contributed by atoms with Crippen molar-refractivity contribution in [2.24, 2.45) is 0 Å². The van der Waals surface area contributed by atoms with Crippen molar-refractivity contribution in [3.8, 4) is 16.9 Å². The maximum Gasteiger partial charge on any atom is 0.387 e. The number of hydrogen-bond acceptors (Lipinski definition) is 4. The lowest BCUT2D eigenvalue weighted by molar-refractivity contribution is -0.0498. The number of nitrogens with two attached hydrogens (primary N) is 1. The van der Waals surface area contributed by atoms with Crippen LogP contribution in [-0.2, 0) is 0 Å². The van der Waals surface area contributed by atoms with Crippen LogP contribution in [0.1, 0.15) is 0 Å². The van der Waals surface area contributed by atoms with Gasteiger partial charge in [0.1, 0.15) is 12.0 Å². The third-order valence-electron chi connectivity index (χ3n) is 1.99. The molecule has 16 heavy (non-hydrogen) atoms. The Morgan fingerprint density at radius 3 is 2.44 bits per heavy atom. The maximum absolute atomic E-state index is 11.9. The topological polar surface area (TPSA) is 61.3 Å². The fraction of sp³-hybridized carbons (Fsp3) is 0.100. The molecule has 0 radical (unpaired) electrons. The molecule has 1 aromatic heterocycles. The second kappa shape index (κ2) is 4.18. The predicted octanol–water partition coefficient (Wildman–Crippen LogP) is 2.53. The van der Waals surface area contributed by atoms with Crippen LogP contribution in [0.3, 0.4) is 0 Å². The van der Waals surface area contributed by atoms with E-state index in [2.05, 4.69) is 14.4 Å². The van der Waals surface area contributed by atoms with Gasteiger partial charge in [0, 0.05) is 0 Å². The van der Waals surface area contributed by atoms with Gasteiger partial charge in [-0.2, -0.15) is 8.78 Å². The van der Waals surface area contributed by atoms with Gasteiger partial charge in [-0.15, -0.1) is 0 Å². The fourth-order valence-electron chi connectivity index (χ4n) is 1.28. The zero-order chi connectivity index (χ0) is 11.5. The van der Waals surface area contributed by atoms with E-state index in [4.69, 9.17) is 5.73 Å². The van der Waals surface area contributed by atoms with Crippen LogP contribution in [0.2, 0.25) is 0 Å². The number of alkyl halides is 2. The number of hydrogen-bond donors (Lipinski definition) is 1. The van der Waals surface area contributed by atoms with Crippen LogP contribution in [0.4, 0.5) is 14.6 Å². The average molecular weight is 226 g/mol. The zero-order valence-corrected chi connectivity index (χ0v) is 8.06. The van der Waals surface area contributed by atoms with Gasteiger partial charge in [0.25, 0.3) is 0 Å². The molecule has 0 fully saturated rings. The molecular formula is C10H8F2N2O2. The van der Waals surface area contributed by atoms with Crippen LogP contribution < -0.4 is 10.5 Å². The molecule has 84 valence electrons. The number of nitrogens with zero attached hydrogens (tertiary/aromatic N) is 1. The van der Waals surface area contributed by atoms with Crippen LogP contribution in [0.5, 0.6) is 5.75 Å². The van der Waals surface area contributed by atoms with E-state index in [1.807, 2.05) is 0 Å². The SMILES string of the molecule is Nc1nocc1-c1ccc(OC(F)F)cc1. The Balaban J connectivity index is 2.23. The van der Waals surface area contributed by atoms with Crippen molar-refractivity contribution in [1.82, 2.24) is 5.16 Å². The number of rotatable bonds is 3. The van der Waals surface area contributed by atoms with Crippen molar-refractivity contribution in [2.75, 3.05) is 5.73 Å². The number of anilines is 1. The Labute approximate surface area is 89.6 Å². The summed E-state index contributed by atoms with van der Waals surface area (Å²) in [7, 11) is 0. The van der Waals surface area contributed by atoms with Gasteiger partial charge in [-0.25, -0.2) is 0 Å². The second-order valence-electron chi connectivity index (χ2n) is 3.02. The largest absolute Gasteiger partial charge is 0.435 e. The summed E-state index contributed by atoms with van der Waals surface area (Å²) in [5, 5.41) is 3.52. The van der Waals surface area contributed by atoms with E-state index < -0.39 is 6.61 Å². The molecule has 6 heteroatoms. The lowest BCUT2D eigenvalue weighted by Crippen LogP contribution is -2.01. The Morgan fingerprint density at radius 1 is 1.25 bits per heavy atom. The molecule has 2 rings (SSSR count). The van der Waals surface area contributed by atoms with E-state index in [9.17, 15) is 8.78 Å². The van der Waals surface area contributed by atoms with E-state index in [0.29, 0.717) is 5.56 Å². The Morgan fingerprint density at radius 2 is 1.94 bits per heavy atom. The van der Waals surface area contributed by atoms with Crippen molar-refractivity contribution in [3.05, 3.63) is 30.5 Å². The molecule has 0 aliphatic heterocycles. The molecule has 1 aromatic carbocycles. The lowest BCUT2D eigenvalue weighted by atomic mass is 10.1. The van der Waals surface area contributed by atoms with E-state index in [0.717, 1.165) is 5.56 Å². The molecule has 0 aliphatic rings. The first-order valence-electron chi connectivity index (χ1n) is 4.42. The summed E-state index contributed by atoms with van der Waals surface area (Å²) in [4.78, 5) is 0. The third kappa shape index (κ3) is 2.10. The summed E-state index contributed by atoms with van der Waals surface area (Å²) in [6.07, 6.45) is 1.39. The van der Waals surface area contributed by atoms with Gasteiger partial charge in [0.15, 0.2) is 5.82 Å². The maximum atomic E-state index is 11.9. The molecule has 0 aliphatic carbocycles. The van der Waals surface area contributed by atoms with Gasteiger partial charge in [-0.05, 0) is 17.7 Å². The molecule has 0 saturated carbocycles. The van der Waals surface area contributed by atoms with Crippen LogP contribution in [0.15, 0.2) is 35.1 Å². The number of halogens is 2. The first-order valence-corrected chi connectivity index (χ1v) is 4.42. The van der Waals surface area contributed by atoms with Gasteiger partial charge in [-0.1, -0.05) is 17.3 Å². The van der Waals surface area contributed by atoms with Crippen molar-refractivity contribution in [2.45, 2.75) is 6.61 Å². The van der Waals surface area contributed by atoms with Gasteiger partial charge >= 0.3 is 6.61 Å². The van der Waals surface area contributed by atoms with Crippen LogP contribution in [-0.4, -0.2) is 11.8 Å². The van der Waals surface area contributed by atoms with E-state index in [1.165, 1.54) is 18.4 Å². The van der Waals surface area contributed by atoms with Crippen molar-refractivity contribution >= 4 is 5.82 Å². The smallest absolute Gasteiger partial charge is 0.387 e. The fourth-order valence-corrected chi connectivity index (χ4v) is 1.28. The quantitative estimate of drug-likeness (QED) is 0.873. The van der Waals surface area contributed by atoms with Crippen LogP contribution in [0.25, 0.3) is 11.1 Å². The highest BCUT2D eigenvalue weighted by Crippen LogP contribution is 2.26. The van der Waals surface area contributed by atoms with Crippen molar-refractivity contribution < 1.29 is 18.0 Å². The second-order valence-corrected chi connectivity index (χ2v) is 3.02. The molecule has 1 heterocycles. The summed E-state index contributed by atoms with van der Waals surface area (Å²) in [6.45, 7) is -2.83. The van der Waals surface area contributed by atoms with Gasteiger partial charge in [-0.3, -0.25) is 0 Å². The summed E-state index contributed by atoms with van der Waals surface area (Å²) >= 11 is 0. The first kappa shape index (κ1) is 10.4. The molecule has 4 nitrogen and oxygen atoms in total. The molecule has 0 atom stereocenters. The average Bonchev–Trinajstić information content (AvgIpc) is 2.65. The number of benzene rings is 1. The number of aromatic nitrogens is 1. The van der Waals surface area contributed by atoms with Crippen molar-refractivity contribution in [3.63, 3.8) is 0 Å². The standard InChI is InChI=1S/C10H8F2N2O2/c11-10(12)16-7-3-1-6(2-4-7)8-5-15-14-9(8)13/h1-5,10H,(H2,13,14). The number of nitrogen functional groups attached to an aromatic ring is 1. The van der Waals surface area contributed by atoms with Crippen LogP contribution >= 0.6 is 0 Å². The molecule has 0 spiro atoms. The first-order chi connectivity index (χ1) is 7.66. The summed E-state index contributed by atoms with van der Waals surface area (Å²) < 4.78 is 32.7. The Kier molecular flexibility index (Phi) is 2.72. The minimum absolute atomic E-state index is 0.0915. The number of ether oxygens (including phenoxy) is 1. The summed E-state index contributed by atoms with van der Waals surface area (Å²) in [5.74, 6) is 0.344. The minimum Gasteiger partial charge on any atom is -0.435 e. The highest BCUT2D eigenvalue weighted by atomic mass is 19.3. The predicted molar refractivity (Wildman–Crippen MR) is 53.0 cm³/mol. The molecule has 0 bridgehead atoms. The highest BCUT2D eigenvalue weighted by Gasteiger charge is 2.08. The van der Waals surface area contributed by atoms with Gasteiger partial charge in [0.2, 0.25) is 0 Å².